The topological polar surface area (TPSA) is 78.1 Å². The predicted molar refractivity (Wildman–Crippen MR) is 159 cm³/mol. The Labute approximate surface area is 237 Å². The van der Waals surface area contributed by atoms with Crippen LogP contribution in [0, 0.1) is 0 Å². The molecule has 5 rings (SSSR count). The zero-order valence-electron chi connectivity index (χ0n) is 23.7. The molecule has 0 radical (unpaired) electrons. The molecule has 0 aliphatic carbocycles. The van der Waals surface area contributed by atoms with E-state index in [2.05, 4.69) is 29.8 Å². The van der Waals surface area contributed by atoms with Crippen molar-refractivity contribution in [3.8, 4) is 11.5 Å². The first kappa shape index (κ1) is 27.5. The van der Waals surface area contributed by atoms with Crippen LogP contribution in [-0.4, -0.2) is 47.3 Å². The largest absolute Gasteiger partial charge is 0.497 e. The fourth-order valence-corrected chi connectivity index (χ4v) is 6.45. The third kappa shape index (κ3) is 4.54. The summed E-state index contributed by atoms with van der Waals surface area (Å²) in [5.41, 5.74) is 3.59. The Bertz CT molecular complexity index is 1810. The number of ether oxygens (including phenoxy) is 2. The highest BCUT2D eigenvalue weighted by molar-refractivity contribution is 7.07. The summed E-state index contributed by atoms with van der Waals surface area (Å²) in [7, 11) is 3.17. The lowest BCUT2D eigenvalue weighted by Crippen LogP contribution is -2.43. The number of rotatable bonds is 8. The van der Waals surface area contributed by atoms with Crippen LogP contribution in [0.15, 0.2) is 69.7 Å². The van der Waals surface area contributed by atoms with Crippen LogP contribution in [0.5, 0.6) is 11.5 Å². The van der Waals surface area contributed by atoms with Crippen molar-refractivity contribution in [1.29, 1.82) is 0 Å². The van der Waals surface area contributed by atoms with Gasteiger partial charge in [0.15, 0.2) is 4.80 Å². The first-order chi connectivity index (χ1) is 19.4. The zero-order chi connectivity index (χ0) is 28.6. The van der Waals surface area contributed by atoms with Gasteiger partial charge in [0.25, 0.3) is 11.5 Å². The third-order valence-electron chi connectivity index (χ3n) is 7.48. The molecule has 3 heterocycles. The molecule has 1 amide bonds. The van der Waals surface area contributed by atoms with Crippen molar-refractivity contribution in [2.45, 2.75) is 40.3 Å². The molecule has 0 N–H and O–H groups in total. The number of nitrogens with zero attached hydrogens (tertiary/aromatic N) is 4. The van der Waals surface area contributed by atoms with Gasteiger partial charge in [-0.15, -0.1) is 0 Å². The van der Waals surface area contributed by atoms with E-state index >= 15 is 0 Å². The Hall–Kier alpha value is -4.11. The minimum absolute atomic E-state index is 0.151. The fourth-order valence-electron chi connectivity index (χ4n) is 5.42. The number of hydrogen-bond acceptors (Lipinski definition) is 6. The van der Waals surface area contributed by atoms with Crippen molar-refractivity contribution in [3.63, 3.8) is 0 Å². The molecule has 0 spiro atoms. The Morgan fingerprint density at radius 1 is 1.10 bits per heavy atom. The van der Waals surface area contributed by atoms with Gasteiger partial charge < -0.3 is 18.9 Å². The Balaban J connectivity index is 1.80. The lowest BCUT2D eigenvalue weighted by molar-refractivity contribution is -0.127. The van der Waals surface area contributed by atoms with Crippen LogP contribution in [0.25, 0.3) is 17.0 Å². The zero-order valence-corrected chi connectivity index (χ0v) is 24.5. The van der Waals surface area contributed by atoms with Crippen molar-refractivity contribution in [2.75, 3.05) is 27.3 Å². The van der Waals surface area contributed by atoms with Crippen LogP contribution >= 0.6 is 11.3 Å². The number of amides is 1. The number of methoxy groups -OCH3 is 2. The van der Waals surface area contributed by atoms with E-state index in [1.165, 1.54) is 11.3 Å². The Morgan fingerprint density at radius 3 is 2.52 bits per heavy atom. The maximum absolute atomic E-state index is 14.2. The quantitative estimate of drug-likeness (QED) is 0.326. The Kier molecular flexibility index (Phi) is 7.67. The number of thiazole rings is 1. The van der Waals surface area contributed by atoms with Crippen molar-refractivity contribution in [2.24, 2.45) is 4.99 Å². The first-order valence-electron chi connectivity index (χ1n) is 13.5. The van der Waals surface area contributed by atoms with E-state index in [1.54, 1.807) is 35.8 Å². The summed E-state index contributed by atoms with van der Waals surface area (Å²) < 4.78 is 15.6. The van der Waals surface area contributed by atoms with Crippen molar-refractivity contribution < 1.29 is 14.3 Å². The van der Waals surface area contributed by atoms with Crippen LogP contribution in [0.3, 0.4) is 0 Å². The Morgan fingerprint density at radius 2 is 1.85 bits per heavy atom. The molecule has 208 valence electrons. The SMILES string of the molecule is CCN(CC)C(=O)C1=C(C)N=c2s/c(=C/c3cn(CC)c4ccccc34)c(=O)n2[C@H]1c1cc(OC)ccc1OC. The number of allylic oxidation sites excluding steroid dienone is 1. The summed E-state index contributed by atoms with van der Waals surface area (Å²) >= 11 is 1.33. The van der Waals surface area contributed by atoms with Crippen molar-refractivity contribution in [3.05, 3.63) is 90.7 Å². The molecule has 2 aromatic heterocycles. The van der Waals surface area contributed by atoms with Gasteiger partial charge in [0, 0.05) is 47.9 Å². The van der Waals surface area contributed by atoms with Crippen LogP contribution in [0.2, 0.25) is 0 Å². The minimum Gasteiger partial charge on any atom is -0.497 e. The number of fused-ring (bicyclic) bond motifs is 2. The van der Waals surface area contributed by atoms with E-state index in [1.807, 2.05) is 45.0 Å². The van der Waals surface area contributed by atoms with Gasteiger partial charge in [-0.25, -0.2) is 4.99 Å². The molecule has 0 saturated heterocycles. The second-order valence-electron chi connectivity index (χ2n) is 9.55. The van der Waals surface area contributed by atoms with Crippen molar-refractivity contribution >= 4 is 34.2 Å². The number of benzene rings is 2. The average Bonchev–Trinajstić information content (AvgIpc) is 3.48. The molecule has 40 heavy (non-hydrogen) atoms. The highest BCUT2D eigenvalue weighted by Gasteiger charge is 2.36. The summed E-state index contributed by atoms with van der Waals surface area (Å²) in [5, 5.41) is 1.08. The third-order valence-corrected chi connectivity index (χ3v) is 8.46. The number of aryl methyl sites for hydroxylation is 1. The van der Waals surface area contributed by atoms with Gasteiger partial charge in [-0.05, 0) is 58.0 Å². The first-order valence-corrected chi connectivity index (χ1v) is 14.3. The molecule has 0 unspecified atom stereocenters. The maximum atomic E-state index is 14.2. The fraction of sp³-hybridized carbons (Fsp3) is 0.323. The van der Waals surface area contributed by atoms with E-state index in [9.17, 15) is 9.59 Å². The van der Waals surface area contributed by atoms with Crippen molar-refractivity contribution in [1.82, 2.24) is 14.0 Å². The maximum Gasteiger partial charge on any atom is 0.271 e. The van der Waals surface area contributed by atoms with E-state index in [4.69, 9.17) is 14.5 Å². The number of hydrogen-bond donors (Lipinski definition) is 0. The molecule has 1 aliphatic rings. The number of carbonyl (C=O) groups is 1. The summed E-state index contributed by atoms with van der Waals surface area (Å²) in [4.78, 5) is 35.2. The molecule has 0 bridgehead atoms. The second-order valence-corrected chi connectivity index (χ2v) is 10.6. The van der Waals surface area contributed by atoms with Crippen LogP contribution < -0.4 is 24.4 Å². The number of aromatic nitrogens is 2. The average molecular weight is 559 g/mol. The van der Waals surface area contributed by atoms with Crippen LogP contribution in [0.1, 0.15) is 44.9 Å². The van der Waals surface area contributed by atoms with E-state index in [0.29, 0.717) is 50.8 Å². The summed E-state index contributed by atoms with van der Waals surface area (Å²) in [6, 6.07) is 12.9. The van der Waals surface area contributed by atoms with Gasteiger partial charge in [0.05, 0.1) is 30.0 Å². The van der Waals surface area contributed by atoms with Gasteiger partial charge in [-0.3, -0.25) is 14.2 Å². The molecule has 0 fully saturated rings. The molecule has 2 aromatic carbocycles. The monoisotopic (exact) mass is 558 g/mol. The van der Waals surface area contributed by atoms with Gasteiger partial charge in [-0.2, -0.15) is 0 Å². The predicted octanol–water partition coefficient (Wildman–Crippen LogP) is 4.10. The summed E-state index contributed by atoms with van der Waals surface area (Å²) in [5.74, 6) is 1.02. The van der Waals surface area contributed by atoms with E-state index in [-0.39, 0.29) is 11.5 Å². The number of carbonyl (C=O) groups excluding carboxylic acids is 1. The lowest BCUT2D eigenvalue weighted by Gasteiger charge is -2.30. The van der Waals surface area contributed by atoms with Crippen LogP contribution in [0.4, 0.5) is 0 Å². The normalized spacial score (nSPS) is 15.2. The minimum atomic E-state index is -0.728. The number of para-hydroxylation sites is 1. The van der Waals surface area contributed by atoms with Gasteiger partial charge in [0.2, 0.25) is 0 Å². The molecule has 4 aromatic rings. The second kappa shape index (κ2) is 11.2. The van der Waals surface area contributed by atoms with Gasteiger partial charge in [0.1, 0.15) is 17.5 Å². The lowest BCUT2D eigenvalue weighted by atomic mass is 9.93. The van der Waals surface area contributed by atoms with E-state index in [0.717, 1.165) is 23.0 Å². The molecule has 1 aliphatic heterocycles. The molecule has 8 nitrogen and oxygen atoms in total. The molecule has 0 saturated carbocycles. The highest BCUT2D eigenvalue weighted by Crippen LogP contribution is 2.38. The van der Waals surface area contributed by atoms with E-state index < -0.39 is 6.04 Å². The molecule has 1 atom stereocenters. The highest BCUT2D eigenvalue weighted by atomic mass is 32.1. The molecular formula is C31H34N4O4S. The molecular weight excluding hydrogens is 524 g/mol. The number of likely N-dealkylation sites (N-methyl/N-ethyl adjacent to an activating group) is 1. The van der Waals surface area contributed by atoms with Gasteiger partial charge in [-0.1, -0.05) is 29.5 Å². The van der Waals surface area contributed by atoms with Gasteiger partial charge >= 0.3 is 0 Å². The standard InChI is InChI=1S/C31H34N4O4S/c1-7-33(8-2)30(37)27-19(4)32-31-35(28(27)23-17-21(38-5)14-15-25(23)39-6)29(36)26(40-31)16-20-18-34(9-3)24-13-11-10-12-22(20)24/h10-18,28H,7-9H2,1-6H3/b26-16+/t28-/m0/s1. The van der Waals surface area contributed by atoms with Crippen LogP contribution in [-0.2, 0) is 11.3 Å². The summed E-state index contributed by atoms with van der Waals surface area (Å²) in [6.45, 7) is 9.73. The molecule has 9 heteroatoms. The summed E-state index contributed by atoms with van der Waals surface area (Å²) in [6.07, 6.45) is 4.01. The smallest absolute Gasteiger partial charge is 0.271 e.